The fourth-order valence-corrected chi connectivity index (χ4v) is 1.80. The van der Waals surface area contributed by atoms with Crippen molar-refractivity contribution in [1.29, 1.82) is 0 Å². The van der Waals surface area contributed by atoms with Crippen molar-refractivity contribution in [2.24, 2.45) is 7.05 Å². The van der Waals surface area contributed by atoms with Crippen LogP contribution in [0.1, 0.15) is 0 Å². The van der Waals surface area contributed by atoms with Crippen molar-refractivity contribution in [2.45, 2.75) is 0 Å². The number of nitrogens with zero attached hydrogens (tertiary/aromatic N) is 3. The predicted octanol–water partition coefficient (Wildman–Crippen LogP) is -0.634. The van der Waals surface area contributed by atoms with Crippen LogP contribution in [-0.2, 0) is 7.05 Å². The number of oxazole rings is 1. The summed E-state index contributed by atoms with van der Waals surface area (Å²) in [5.74, 6) is -0.404. The highest BCUT2D eigenvalue weighted by molar-refractivity contribution is 5.79. The maximum absolute atomic E-state index is 11.7. The molecule has 3 rings (SSSR count). The summed E-state index contributed by atoms with van der Waals surface area (Å²) in [6.45, 7) is 0. The van der Waals surface area contributed by atoms with E-state index in [9.17, 15) is 14.4 Å². The van der Waals surface area contributed by atoms with Crippen LogP contribution in [-0.4, -0.2) is 19.1 Å². The minimum Gasteiger partial charge on any atom is -0.404 e. The van der Waals surface area contributed by atoms with Gasteiger partial charge in [-0.05, 0) is 6.07 Å². The highest BCUT2D eigenvalue weighted by Gasteiger charge is 2.13. The SMILES string of the molecule is Cn1c(=O)oc2c(-n3ccc(=O)[nH]c3=O)nccc21. The highest BCUT2D eigenvalue weighted by Crippen LogP contribution is 2.16. The molecule has 0 radical (unpaired) electrons. The van der Waals surface area contributed by atoms with Crippen molar-refractivity contribution in [2.75, 3.05) is 0 Å². The second kappa shape index (κ2) is 3.80. The van der Waals surface area contributed by atoms with Crippen LogP contribution in [0.5, 0.6) is 0 Å². The number of aromatic nitrogens is 4. The van der Waals surface area contributed by atoms with E-state index in [2.05, 4.69) is 9.97 Å². The van der Waals surface area contributed by atoms with E-state index in [0.717, 1.165) is 4.57 Å². The quantitative estimate of drug-likeness (QED) is 0.627. The second-order valence-corrected chi connectivity index (χ2v) is 3.89. The van der Waals surface area contributed by atoms with Crippen LogP contribution in [0, 0.1) is 0 Å². The number of rotatable bonds is 1. The van der Waals surface area contributed by atoms with Crippen LogP contribution in [0.3, 0.4) is 0 Å². The Hall–Kier alpha value is -2.90. The summed E-state index contributed by atoms with van der Waals surface area (Å²) in [5.41, 5.74) is -0.473. The van der Waals surface area contributed by atoms with E-state index in [1.807, 2.05) is 0 Å². The maximum atomic E-state index is 11.7. The monoisotopic (exact) mass is 260 g/mol. The average molecular weight is 260 g/mol. The van der Waals surface area contributed by atoms with Gasteiger partial charge in [0.25, 0.3) is 5.56 Å². The Morgan fingerprint density at radius 2 is 2.05 bits per heavy atom. The summed E-state index contributed by atoms with van der Waals surface area (Å²) < 4.78 is 7.47. The van der Waals surface area contributed by atoms with Gasteiger partial charge in [-0.1, -0.05) is 0 Å². The van der Waals surface area contributed by atoms with Gasteiger partial charge < -0.3 is 4.42 Å². The fraction of sp³-hybridized carbons (Fsp3) is 0.0909. The van der Waals surface area contributed by atoms with Crippen LogP contribution < -0.4 is 17.0 Å². The molecule has 0 unspecified atom stereocenters. The Bertz CT molecular complexity index is 943. The third-order valence-electron chi connectivity index (χ3n) is 2.74. The number of fused-ring (bicyclic) bond motifs is 1. The zero-order valence-electron chi connectivity index (χ0n) is 9.78. The van der Waals surface area contributed by atoms with Crippen LogP contribution in [0.2, 0.25) is 0 Å². The van der Waals surface area contributed by atoms with E-state index in [1.54, 1.807) is 13.1 Å². The van der Waals surface area contributed by atoms with Gasteiger partial charge in [0.1, 0.15) is 0 Å². The molecule has 0 saturated carbocycles. The largest absolute Gasteiger partial charge is 0.419 e. The molecule has 3 aromatic rings. The molecule has 0 bridgehead atoms. The molecule has 19 heavy (non-hydrogen) atoms. The first-order chi connectivity index (χ1) is 9.08. The molecule has 1 N–H and O–H groups in total. The van der Waals surface area contributed by atoms with Gasteiger partial charge in [-0.25, -0.2) is 19.1 Å². The molecule has 3 aromatic heterocycles. The molecule has 3 heterocycles. The van der Waals surface area contributed by atoms with Crippen LogP contribution in [0.4, 0.5) is 0 Å². The molecule has 0 fully saturated rings. The lowest BCUT2D eigenvalue weighted by atomic mass is 10.4. The number of nitrogens with one attached hydrogen (secondary N) is 1. The second-order valence-electron chi connectivity index (χ2n) is 3.89. The molecular weight excluding hydrogens is 252 g/mol. The molecular formula is C11H8N4O4. The number of H-pyrrole nitrogens is 1. The van der Waals surface area contributed by atoms with Gasteiger partial charge >= 0.3 is 11.4 Å². The number of hydrogen-bond donors (Lipinski definition) is 1. The summed E-state index contributed by atoms with van der Waals surface area (Å²) in [7, 11) is 1.55. The number of pyridine rings is 1. The molecule has 8 nitrogen and oxygen atoms in total. The van der Waals surface area contributed by atoms with E-state index >= 15 is 0 Å². The van der Waals surface area contributed by atoms with Gasteiger partial charge in [-0.3, -0.25) is 14.3 Å². The van der Waals surface area contributed by atoms with Gasteiger partial charge in [0.15, 0.2) is 11.4 Å². The summed E-state index contributed by atoms with van der Waals surface area (Å²) in [6, 6.07) is 2.78. The van der Waals surface area contributed by atoms with E-state index < -0.39 is 17.0 Å². The minimum absolute atomic E-state index is 0.149. The highest BCUT2D eigenvalue weighted by atomic mass is 16.4. The molecule has 0 spiro atoms. The average Bonchev–Trinajstić information content (AvgIpc) is 2.66. The Balaban J connectivity index is 2.43. The summed E-state index contributed by atoms with van der Waals surface area (Å²) in [5, 5.41) is 0. The zero-order valence-corrected chi connectivity index (χ0v) is 9.78. The summed E-state index contributed by atoms with van der Waals surface area (Å²) >= 11 is 0. The molecule has 96 valence electrons. The zero-order chi connectivity index (χ0) is 13.6. The van der Waals surface area contributed by atoms with Gasteiger partial charge in [-0.15, -0.1) is 0 Å². The van der Waals surface area contributed by atoms with Gasteiger partial charge in [0.2, 0.25) is 0 Å². The minimum atomic E-state index is -0.654. The molecule has 0 amide bonds. The van der Waals surface area contributed by atoms with E-state index in [4.69, 9.17) is 4.42 Å². The number of hydrogen-bond acceptors (Lipinski definition) is 5. The lowest BCUT2D eigenvalue weighted by Gasteiger charge is -2.03. The van der Waals surface area contributed by atoms with Crippen molar-refractivity contribution in [3.63, 3.8) is 0 Å². The third-order valence-corrected chi connectivity index (χ3v) is 2.74. The molecule has 8 heteroatoms. The molecule has 0 aromatic carbocycles. The van der Waals surface area contributed by atoms with E-state index in [1.165, 1.54) is 23.0 Å². The predicted molar refractivity (Wildman–Crippen MR) is 65.5 cm³/mol. The Morgan fingerprint density at radius 3 is 2.79 bits per heavy atom. The van der Waals surface area contributed by atoms with Crippen molar-refractivity contribution in [1.82, 2.24) is 19.1 Å². The molecule has 0 atom stereocenters. The number of aromatic amines is 1. The third kappa shape index (κ3) is 1.61. The topological polar surface area (TPSA) is 103 Å². The fourth-order valence-electron chi connectivity index (χ4n) is 1.80. The van der Waals surface area contributed by atoms with Gasteiger partial charge in [0.05, 0.1) is 5.52 Å². The van der Waals surface area contributed by atoms with Crippen molar-refractivity contribution < 1.29 is 4.42 Å². The van der Waals surface area contributed by atoms with Crippen LogP contribution in [0.15, 0.2) is 43.3 Å². The van der Waals surface area contributed by atoms with Crippen molar-refractivity contribution in [3.05, 3.63) is 55.9 Å². The smallest absolute Gasteiger partial charge is 0.404 e. The Morgan fingerprint density at radius 1 is 1.26 bits per heavy atom. The first kappa shape index (κ1) is 11.2. The van der Waals surface area contributed by atoms with Crippen molar-refractivity contribution in [3.8, 4) is 5.82 Å². The van der Waals surface area contributed by atoms with Crippen LogP contribution >= 0.6 is 0 Å². The Kier molecular flexibility index (Phi) is 2.24. The Labute approximate surface area is 104 Å². The lowest BCUT2D eigenvalue weighted by molar-refractivity contribution is 0.525. The molecule has 0 aliphatic carbocycles. The van der Waals surface area contributed by atoms with E-state index in [-0.39, 0.29) is 11.4 Å². The molecule has 0 saturated heterocycles. The summed E-state index contributed by atoms with van der Waals surface area (Å²) in [6.07, 6.45) is 2.72. The molecule has 0 aliphatic heterocycles. The molecule has 0 aliphatic rings. The number of aryl methyl sites for hydroxylation is 1. The first-order valence-electron chi connectivity index (χ1n) is 5.35. The van der Waals surface area contributed by atoms with Crippen LogP contribution in [0.25, 0.3) is 16.9 Å². The lowest BCUT2D eigenvalue weighted by Crippen LogP contribution is -2.28. The van der Waals surface area contributed by atoms with Gasteiger partial charge in [0, 0.05) is 25.5 Å². The maximum Gasteiger partial charge on any atom is 0.419 e. The van der Waals surface area contributed by atoms with Crippen molar-refractivity contribution >= 4 is 11.1 Å². The first-order valence-corrected chi connectivity index (χ1v) is 5.35. The summed E-state index contributed by atoms with van der Waals surface area (Å²) in [4.78, 5) is 40.4. The standard InChI is InChI=1S/C11H8N4O4/c1-14-6-2-4-12-9(8(6)19-11(14)18)15-5-3-7(16)13-10(15)17/h2-5H,1H3,(H,13,16,17). The normalized spacial score (nSPS) is 11.0. The van der Waals surface area contributed by atoms with Gasteiger partial charge in [-0.2, -0.15) is 0 Å². The van der Waals surface area contributed by atoms with E-state index in [0.29, 0.717) is 5.52 Å².